The second kappa shape index (κ2) is 3.98. The molecule has 0 fully saturated rings. The fourth-order valence-corrected chi connectivity index (χ4v) is 1.61. The van der Waals surface area contributed by atoms with Crippen LogP contribution in [0.5, 0.6) is 0 Å². The van der Waals surface area contributed by atoms with Gasteiger partial charge in [-0.1, -0.05) is 18.2 Å². The molecule has 1 heterocycles. The minimum Gasteiger partial charge on any atom is -0.366 e. The third-order valence-corrected chi connectivity index (χ3v) is 2.51. The number of nitrogen functional groups attached to an aromatic ring is 1. The molecule has 0 bridgehead atoms. The minimum atomic E-state index is -0.265. The van der Waals surface area contributed by atoms with Crippen LogP contribution < -0.4 is 5.73 Å². The first-order valence-corrected chi connectivity index (χ1v) is 5.05. The fraction of sp³-hybridized carbons (Fsp3) is 0.111. The first kappa shape index (κ1) is 10.1. The lowest BCUT2D eigenvalue weighted by molar-refractivity contribution is 0.581. The van der Waals surface area contributed by atoms with Crippen LogP contribution in [0.3, 0.4) is 0 Å². The maximum absolute atomic E-state index is 13.3. The molecule has 0 radical (unpaired) electrons. The summed E-state index contributed by atoms with van der Waals surface area (Å²) in [6.45, 7) is 0.303. The Morgan fingerprint density at radius 1 is 1.40 bits per heavy atom. The van der Waals surface area contributed by atoms with Gasteiger partial charge in [-0.25, -0.2) is 9.07 Å². The van der Waals surface area contributed by atoms with Crippen molar-refractivity contribution < 1.29 is 4.39 Å². The molecule has 2 N–H and O–H groups in total. The van der Waals surface area contributed by atoms with E-state index >= 15 is 0 Å². The van der Waals surface area contributed by atoms with Crippen LogP contribution >= 0.6 is 15.9 Å². The average Bonchev–Trinajstić information content (AvgIpc) is 2.49. The van der Waals surface area contributed by atoms with Crippen LogP contribution in [0.1, 0.15) is 5.56 Å². The quantitative estimate of drug-likeness (QED) is 0.906. The van der Waals surface area contributed by atoms with E-state index in [-0.39, 0.29) is 11.8 Å². The highest BCUT2D eigenvalue weighted by molar-refractivity contribution is 9.10. The SMILES string of the molecule is Nc1nc(Br)n(Cc2ccccc2F)n1. The zero-order valence-corrected chi connectivity index (χ0v) is 9.28. The normalized spacial score (nSPS) is 10.5. The number of hydrogen-bond acceptors (Lipinski definition) is 3. The Hall–Kier alpha value is -1.43. The monoisotopic (exact) mass is 270 g/mol. The lowest BCUT2D eigenvalue weighted by Crippen LogP contribution is -2.04. The molecule has 0 saturated carbocycles. The van der Waals surface area contributed by atoms with Gasteiger partial charge in [0.1, 0.15) is 5.82 Å². The van der Waals surface area contributed by atoms with Crippen molar-refractivity contribution >= 4 is 21.9 Å². The number of aromatic nitrogens is 3. The molecule has 78 valence electrons. The van der Waals surface area contributed by atoms with Crippen LogP contribution in [0.25, 0.3) is 0 Å². The van der Waals surface area contributed by atoms with Gasteiger partial charge in [-0.2, -0.15) is 4.98 Å². The fourth-order valence-electron chi connectivity index (χ4n) is 1.23. The number of halogens is 2. The molecule has 6 heteroatoms. The Kier molecular flexibility index (Phi) is 2.68. The van der Waals surface area contributed by atoms with Crippen molar-refractivity contribution in [1.82, 2.24) is 14.8 Å². The van der Waals surface area contributed by atoms with Gasteiger partial charge in [-0.3, -0.25) is 0 Å². The molecule has 0 amide bonds. The third-order valence-electron chi connectivity index (χ3n) is 1.92. The van der Waals surface area contributed by atoms with Crippen molar-refractivity contribution in [2.45, 2.75) is 6.54 Å². The molecular weight excluding hydrogens is 263 g/mol. The predicted octanol–water partition coefficient (Wildman–Crippen LogP) is 1.81. The van der Waals surface area contributed by atoms with Crippen molar-refractivity contribution in [1.29, 1.82) is 0 Å². The number of nitrogens with zero attached hydrogens (tertiary/aromatic N) is 3. The van der Waals surface area contributed by atoms with Gasteiger partial charge in [0.2, 0.25) is 5.95 Å². The summed E-state index contributed by atoms with van der Waals surface area (Å²) < 4.78 is 15.3. The van der Waals surface area contributed by atoms with Crippen LogP contribution in [-0.2, 0) is 6.54 Å². The lowest BCUT2D eigenvalue weighted by Gasteiger charge is -2.03. The molecule has 15 heavy (non-hydrogen) atoms. The van der Waals surface area contributed by atoms with E-state index in [9.17, 15) is 4.39 Å². The van der Waals surface area contributed by atoms with Gasteiger partial charge in [0.05, 0.1) is 6.54 Å². The smallest absolute Gasteiger partial charge is 0.240 e. The molecule has 1 aromatic heterocycles. The molecule has 2 rings (SSSR count). The standard InChI is InChI=1S/C9H8BrFN4/c10-8-13-9(12)14-15(8)5-6-3-1-2-4-7(6)11/h1-4H,5H2,(H2,12,14). The number of anilines is 1. The zero-order valence-electron chi connectivity index (χ0n) is 7.69. The Bertz CT molecular complexity index is 483. The molecule has 1 aromatic carbocycles. The molecule has 4 nitrogen and oxygen atoms in total. The van der Waals surface area contributed by atoms with Crippen molar-refractivity contribution in [3.8, 4) is 0 Å². The van der Waals surface area contributed by atoms with Crippen molar-refractivity contribution in [3.05, 3.63) is 40.4 Å². The van der Waals surface area contributed by atoms with Gasteiger partial charge in [-0.15, -0.1) is 5.10 Å². The van der Waals surface area contributed by atoms with Crippen molar-refractivity contribution in [3.63, 3.8) is 0 Å². The van der Waals surface area contributed by atoms with Crippen LogP contribution in [0.2, 0.25) is 0 Å². The summed E-state index contributed by atoms with van der Waals surface area (Å²) in [6.07, 6.45) is 0. The summed E-state index contributed by atoms with van der Waals surface area (Å²) in [5.41, 5.74) is 5.95. The van der Waals surface area contributed by atoms with Gasteiger partial charge < -0.3 is 5.73 Å². The number of benzene rings is 1. The van der Waals surface area contributed by atoms with Gasteiger partial charge in [0, 0.05) is 5.56 Å². The van der Waals surface area contributed by atoms with Gasteiger partial charge in [0.25, 0.3) is 0 Å². The van der Waals surface area contributed by atoms with E-state index in [2.05, 4.69) is 26.0 Å². The van der Waals surface area contributed by atoms with Gasteiger partial charge >= 0.3 is 0 Å². The molecule has 0 aliphatic carbocycles. The number of rotatable bonds is 2. The molecule has 0 aliphatic rings. The minimum absolute atomic E-state index is 0.165. The van der Waals surface area contributed by atoms with Gasteiger partial charge in [0.15, 0.2) is 4.73 Å². The molecule has 0 saturated heterocycles. The highest BCUT2D eigenvalue weighted by Crippen LogP contribution is 2.13. The van der Waals surface area contributed by atoms with Crippen molar-refractivity contribution in [2.75, 3.05) is 5.73 Å². The second-order valence-corrected chi connectivity index (χ2v) is 3.70. The highest BCUT2D eigenvalue weighted by atomic mass is 79.9. The van der Waals surface area contributed by atoms with E-state index in [1.54, 1.807) is 18.2 Å². The average molecular weight is 271 g/mol. The first-order valence-electron chi connectivity index (χ1n) is 4.26. The Morgan fingerprint density at radius 3 is 2.73 bits per heavy atom. The summed E-state index contributed by atoms with van der Waals surface area (Å²) in [5.74, 6) is -0.100. The number of nitrogens with two attached hydrogens (primary N) is 1. The predicted molar refractivity (Wildman–Crippen MR) is 57.6 cm³/mol. The third kappa shape index (κ3) is 2.15. The molecule has 0 atom stereocenters. The van der Waals surface area contributed by atoms with Crippen LogP contribution in [0.15, 0.2) is 29.0 Å². The van der Waals surface area contributed by atoms with Gasteiger partial charge in [-0.05, 0) is 22.0 Å². The molecule has 2 aromatic rings. The summed E-state index contributed by atoms with van der Waals surface area (Å²) in [7, 11) is 0. The zero-order chi connectivity index (χ0) is 10.8. The highest BCUT2D eigenvalue weighted by Gasteiger charge is 2.07. The molecular formula is C9H8BrFN4. The summed E-state index contributed by atoms with van der Waals surface area (Å²) in [6, 6.07) is 6.51. The van der Waals surface area contributed by atoms with Crippen LogP contribution in [-0.4, -0.2) is 14.8 Å². The van der Waals surface area contributed by atoms with E-state index in [0.717, 1.165) is 0 Å². The van der Waals surface area contributed by atoms with E-state index in [1.807, 2.05) is 0 Å². The van der Waals surface area contributed by atoms with Crippen molar-refractivity contribution in [2.24, 2.45) is 0 Å². The van der Waals surface area contributed by atoms with E-state index in [0.29, 0.717) is 16.8 Å². The largest absolute Gasteiger partial charge is 0.366 e. The maximum Gasteiger partial charge on any atom is 0.240 e. The van der Waals surface area contributed by atoms with Crippen LogP contribution in [0.4, 0.5) is 10.3 Å². The van der Waals surface area contributed by atoms with E-state index < -0.39 is 0 Å². The Morgan fingerprint density at radius 2 is 2.13 bits per heavy atom. The van der Waals surface area contributed by atoms with E-state index in [1.165, 1.54) is 10.7 Å². The Balaban J connectivity index is 2.29. The molecule has 0 aliphatic heterocycles. The lowest BCUT2D eigenvalue weighted by atomic mass is 10.2. The summed E-state index contributed by atoms with van der Waals surface area (Å²) in [5, 5.41) is 3.92. The van der Waals surface area contributed by atoms with Crippen LogP contribution in [0, 0.1) is 5.82 Å². The summed E-state index contributed by atoms with van der Waals surface area (Å²) in [4.78, 5) is 3.86. The Labute approximate surface area is 94.1 Å². The topological polar surface area (TPSA) is 56.7 Å². The van der Waals surface area contributed by atoms with E-state index in [4.69, 9.17) is 5.73 Å². The number of hydrogen-bond donors (Lipinski definition) is 1. The first-order chi connectivity index (χ1) is 7.16. The maximum atomic E-state index is 13.3. The molecule has 0 unspecified atom stereocenters. The summed E-state index contributed by atoms with van der Waals surface area (Å²) >= 11 is 3.19. The second-order valence-electron chi connectivity index (χ2n) is 2.99. The molecule has 0 spiro atoms.